The van der Waals surface area contributed by atoms with Gasteiger partial charge >= 0.3 is 0 Å². The highest BCUT2D eigenvalue weighted by Crippen LogP contribution is 2.25. The molecule has 0 aliphatic carbocycles. The first-order valence-corrected chi connectivity index (χ1v) is 6.84. The summed E-state index contributed by atoms with van der Waals surface area (Å²) in [6, 6.07) is 4.45. The van der Waals surface area contributed by atoms with E-state index in [1.807, 2.05) is 0 Å². The molecule has 1 atom stereocenters. The van der Waals surface area contributed by atoms with Crippen LogP contribution in [0.2, 0.25) is 0 Å². The van der Waals surface area contributed by atoms with Crippen molar-refractivity contribution in [1.82, 2.24) is 9.88 Å². The van der Waals surface area contributed by atoms with Crippen molar-refractivity contribution in [2.75, 3.05) is 36.8 Å². The number of nitrogens with two attached hydrogens (primary N) is 1. The Labute approximate surface area is 114 Å². The summed E-state index contributed by atoms with van der Waals surface area (Å²) in [5.74, 6) is 0.770. The molecule has 1 saturated heterocycles. The number of hydrogen-bond acceptors (Lipinski definition) is 5. The summed E-state index contributed by atoms with van der Waals surface area (Å²) in [4.78, 5) is 8.99. The van der Waals surface area contributed by atoms with Crippen LogP contribution in [-0.2, 0) is 0 Å². The molecule has 0 radical (unpaired) electrons. The number of nitriles is 1. The third-order valence-corrected chi connectivity index (χ3v) is 3.80. The second-order valence-electron chi connectivity index (χ2n) is 4.86. The molecule has 2 heterocycles. The van der Waals surface area contributed by atoms with Crippen LogP contribution in [0.3, 0.4) is 0 Å². The second-order valence-corrected chi connectivity index (χ2v) is 4.86. The average molecular weight is 259 g/mol. The zero-order chi connectivity index (χ0) is 13.8. The van der Waals surface area contributed by atoms with E-state index in [4.69, 9.17) is 5.73 Å². The maximum atomic E-state index is 9.19. The Morgan fingerprint density at radius 1 is 1.53 bits per heavy atom. The van der Waals surface area contributed by atoms with Gasteiger partial charge in [-0.15, -0.1) is 0 Å². The van der Waals surface area contributed by atoms with Crippen LogP contribution < -0.4 is 10.6 Å². The molecule has 1 aliphatic rings. The molecule has 1 aromatic heterocycles. The summed E-state index contributed by atoms with van der Waals surface area (Å²) in [7, 11) is 0. The number of likely N-dealkylation sites (N-methyl/N-ethyl adjacent to an activating group) is 1. The molecule has 1 aromatic rings. The Hall–Kier alpha value is -1.80. The van der Waals surface area contributed by atoms with E-state index in [-0.39, 0.29) is 0 Å². The van der Waals surface area contributed by atoms with Gasteiger partial charge in [-0.1, -0.05) is 13.8 Å². The minimum Gasteiger partial charge on any atom is -0.397 e. The topological polar surface area (TPSA) is 69.2 Å². The molecule has 0 aromatic carbocycles. The van der Waals surface area contributed by atoms with Crippen molar-refractivity contribution in [3.63, 3.8) is 0 Å². The number of anilines is 2. The molecule has 19 heavy (non-hydrogen) atoms. The predicted molar refractivity (Wildman–Crippen MR) is 76.9 cm³/mol. The van der Waals surface area contributed by atoms with Gasteiger partial charge in [0.1, 0.15) is 11.9 Å². The third-order valence-electron chi connectivity index (χ3n) is 3.80. The highest BCUT2D eigenvalue weighted by atomic mass is 15.3. The zero-order valence-electron chi connectivity index (χ0n) is 11.6. The number of rotatable bonds is 4. The Morgan fingerprint density at radius 3 is 2.89 bits per heavy atom. The van der Waals surface area contributed by atoms with E-state index >= 15 is 0 Å². The van der Waals surface area contributed by atoms with E-state index in [9.17, 15) is 5.26 Å². The van der Waals surface area contributed by atoms with Crippen molar-refractivity contribution in [1.29, 1.82) is 5.26 Å². The Bertz CT molecular complexity index is 475. The van der Waals surface area contributed by atoms with E-state index in [0.717, 1.165) is 38.4 Å². The first kappa shape index (κ1) is 13.6. The first-order chi connectivity index (χ1) is 9.19. The van der Waals surface area contributed by atoms with Crippen molar-refractivity contribution in [3.8, 4) is 6.07 Å². The Balaban J connectivity index is 2.15. The van der Waals surface area contributed by atoms with Gasteiger partial charge in [-0.25, -0.2) is 4.98 Å². The lowest BCUT2D eigenvalue weighted by molar-refractivity contribution is 0.232. The fraction of sp³-hybridized carbons (Fsp3) is 0.571. The van der Waals surface area contributed by atoms with Crippen LogP contribution in [0.25, 0.3) is 0 Å². The van der Waals surface area contributed by atoms with Crippen LogP contribution in [0.15, 0.2) is 12.3 Å². The molecule has 1 aliphatic heterocycles. The first-order valence-electron chi connectivity index (χ1n) is 6.84. The van der Waals surface area contributed by atoms with Crippen molar-refractivity contribution in [3.05, 3.63) is 17.8 Å². The summed E-state index contributed by atoms with van der Waals surface area (Å²) in [6.07, 6.45) is 2.75. The van der Waals surface area contributed by atoms with Gasteiger partial charge in [0.2, 0.25) is 0 Å². The van der Waals surface area contributed by atoms with E-state index in [0.29, 0.717) is 17.3 Å². The summed E-state index contributed by atoms with van der Waals surface area (Å²) in [6.45, 7) is 8.40. The van der Waals surface area contributed by atoms with Gasteiger partial charge in [0.15, 0.2) is 0 Å². The highest BCUT2D eigenvalue weighted by Gasteiger charge is 2.28. The zero-order valence-corrected chi connectivity index (χ0v) is 11.6. The monoisotopic (exact) mass is 259 g/mol. The van der Waals surface area contributed by atoms with Gasteiger partial charge in [-0.05, 0) is 25.6 Å². The van der Waals surface area contributed by atoms with Crippen LogP contribution in [0.4, 0.5) is 11.5 Å². The standard InChI is InChI=1S/C14H21N5/c1-3-18(4-2)13-5-6-19(10-13)14-11(8-15)7-12(16)9-17-14/h7,9,13H,3-6,10,16H2,1-2H3. The smallest absolute Gasteiger partial charge is 0.146 e. The highest BCUT2D eigenvalue weighted by molar-refractivity contribution is 5.59. The second kappa shape index (κ2) is 5.89. The molecule has 2 rings (SSSR count). The van der Waals surface area contributed by atoms with Gasteiger partial charge < -0.3 is 10.6 Å². The van der Waals surface area contributed by atoms with Gasteiger partial charge in [0.25, 0.3) is 0 Å². The fourth-order valence-corrected chi connectivity index (χ4v) is 2.78. The lowest BCUT2D eigenvalue weighted by Crippen LogP contribution is -2.37. The summed E-state index contributed by atoms with van der Waals surface area (Å²) < 4.78 is 0. The lowest BCUT2D eigenvalue weighted by atomic mass is 10.2. The summed E-state index contributed by atoms with van der Waals surface area (Å²) in [5, 5.41) is 9.19. The molecular weight excluding hydrogens is 238 g/mol. The van der Waals surface area contributed by atoms with Crippen LogP contribution >= 0.6 is 0 Å². The van der Waals surface area contributed by atoms with Gasteiger partial charge in [0.05, 0.1) is 17.4 Å². The molecule has 2 N–H and O–H groups in total. The maximum absolute atomic E-state index is 9.19. The SMILES string of the molecule is CCN(CC)C1CCN(c2ncc(N)cc2C#N)C1. The molecule has 1 unspecified atom stereocenters. The molecule has 5 heteroatoms. The van der Waals surface area contributed by atoms with E-state index in [1.54, 1.807) is 12.3 Å². The number of pyridine rings is 1. The molecule has 1 fully saturated rings. The minimum absolute atomic E-state index is 0.541. The van der Waals surface area contributed by atoms with Crippen LogP contribution in [0, 0.1) is 11.3 Å². The van der Waals surface area contributed by atoms with Crippen molar-refractivity contribution in [2.45, 2.75) is 26.3 Å². The normalized spacial score (nSPS) is 18.8. The maximum Gasteiger partial charge on any atom is 0.146 e. The van der Waals surface area contributed by atoms with E-state index in [2.05, 4.69) is 34.7 Å². The third kappa shape index (κ3) is 2.79. The van der Waals surface area contributed by atoms with Crippen molar-refractivity contribution in [2.24, 2.45) is 0 Å². The molecule has 0 bridgehead atoms. The number of aromatic nitrogens is 1. The molecule has 5 nitrogen and oxygen atoms in total. The fourth-order valence-electron chi connectivity index (χ4n) is 2.78. The molecular formula is C14H21N5. The number of nitrogen functional groups attached to an aromatic ring is 1. The minimum atomic E-state index is 0.541. The Kier molecular flexibility index (Phi) is 4.23. The summed E-state index contributed by atoms with van der Waals surface area (Å²) in [5.41, 5.74) is 6.79. The molecule has 0 amide bonds. The number of hydrogen-bond donors (Lipinski definition) is 1. The van der Waals surface area contributed by atoms with Gasteiger partial charge in [-0.3, -0.25) is 4.90 Å². The van der Waals surface area contributed by atoms with Gasteiger partial charge in [-0.2, -0.15) is 5.26 Å². The quantitative estimate of drug-likeness (QED) is 0.886. The molecule has 0 spiro atoms. The van der Waals surface area contributed by atoms with Crippen LogP contribution in [-0.4, -0.2) is 42.1 Å². The summed E-state index contributed by atoms with van der Waals surface area (Å²) >= 11 is 0. The van der Waals surface area contributed by atoms with Crippen molar-refractivity contribution < 1.29 is 0 Å². The van der Waals surface area contributed by atoms with Crippen LogP contribution in [0.5, 0.6) is 0 Å². The molecule has 0 saturated carbocycles. The molecule has 102 valence electrons. The Morgan fingerprint density at radius 2 is 2.26 bits per heavy atom. The lowest BCUT2D eigenvalue weighted by Gasteiger charge is -2.26. The van der Waals surface area contributed by atoms with E-state index < -0.39 is 0 Å². The van der Waals surface area contributed by atoms with Crippen molar-refractivity contribution >= 4 is 11.5 Å². The predicted octanol–water partition coefficient (Wildman–Crippen LogP) is 1.46. The largest absolute Gasteiger partial charge is 0.397 e. The average Bonchev–Trinajstić information content (AvgIpc) is 2.89. The van der Waals surface area contributed by atoms with Gasteiger partial charge in [0, 0.05) is 19.1 Å². The van der Waals surface area contributed by atoms with Crippen LogP contribution in [0.1, 0.15) is 25.8 Å². The van der Waals surface area contributed by atoms with E-state index in [1.165, 1.54) is 0 Å². The number of nitrogens with zero attached hydrogens (tertiary/aromatic N) is 4.